The van der Waals surface area contributed by atoms with E-state index in [0.717, 1.165) is 96.5 Å². The van der Waals surface area contributed by atoms with Crippen LogP contribution in [-0.2, 0) is 23.6 Å². The molecule has 1 N–H and O–H groups in total. The standard InChI is InChI=1S/C41H50N6O5S/c1-6-25(3)53(50,51)43-40(48)27-13-15-34-36(19-27)47-22-29(38-35(21-42-44(38)4)41(49)46-24-30-20-31(46)23-45(30)7-2)17-28-18-32(52-5)14-16-33(28)39(47)37(34)26-11-9-8-10-12-26/h13-19,21,25-26,30-31H,6-12,20,22-24H2,1-5H3,(H,43,48)/t25?,30-,31+/m0/s1. The highest BCUT2D eigenvalue weighted by Gasteiger charge is 2.45. The molecule has 4 aliphatic rings. The lowest BCUT2D eigenvalue weighted by atomic mass is 9.81. The second kappa shape index (κ2) is 13.8. The van der Waals surface area contributed by atoms with Gasteiger partial charge in [-0.05, 0) is 98.2 Å². The van der Waals surface area contributed by atoms with Gasteiger partial charge < -0.3 is 14.2 Å². The summed E-state index contributed by atoms with van der Waals surface area (Å²) < 4.78 is 38.1. The Kier molecular flexibility index (Phi) is 9.25. The van der Waals surface area contributed by atoms with Gasteiger partial charge in [-0.2, -0.15) is 5.10 Å². The van der Waals surface area contributed by atoms with Crippen molar-refractivity contribution in [3.63, 3.8) is 0 Å². The van der Waals surface area contributed by atoms with Gasteiger partial charge in [-0.3, -0.25) is 19.2 Å². The predicted molar refractivity (Wildman–Crippen MR) is 207 cm³/mol. The molecule has 3 atom stereocenters. The molecule has 2 saturated heterocycles. The van der Waals surface area contributed by atoms with E-state index in [2.05, 4.69) is 44.4 Å². The maximum absolute atomic E-state index is 14.4. The van der Waals surface area contributed by atoms with Crippen molar-refractivity contribution in [1.29, 1.82) is 0 Å². The fourth-order valence-corrected chi connectivity index (χ4v) is 10.4. The predicted octanol–water partition coefficient (Wildman–Crippen LogP) is 6.43. The number of piperazine rings is 1. The summed E-state index contributed by atoms with van der Waals surface area (Å²) in [4.78, 5) is 32.5. The number of allylic oxidation sites excluding steroid dienone is 1. The van der Waals surface area contributed by atoms with E-state index in [1.54, 1.807) is 33.2 Å². The first-order valence-corrected chi connectivity index (χ1v) is 20.8. The van der Waals surface area contributed by atoms with Crippen LogP contribution in [0.1, 0.15) is 109 Å². The zero-order chi connectivity index (χ0) is 37.2. The van der Waals surface area contributed by atoms with Gasteiger partial charge in [0.15, 0.2) is 0 Å². The lowest BCUT2D eigenvalue weighted by Crippen LogP contribution is -2.48. The number of benzene rings is 2. The number of nitrogens with one attached hydrogen (secondary N) is 1. The zero-order valence-electron chi connectivity index (χ0n) is 31.4. The fourth-order valence-electron chi connectivity index (χ4n) is 9.35. The van der Waals surface area contributed by atoms with E-state index in [9.17, 15) is 18.0 Å². The molecule has 3 fully saturated rings. The highest BCUT2D eigenvalue weighted by Crippen LogP contribution is 2.48. The molecule has 280 valence electrons. The van der Waals surface area contributed by atoms with Crippen molar-refractivity contribution in [2.45, 2.75) is 95.5 Å². The van der Waals surface area contributed by atoms with Crippen molar-refractivity contribution in [2.75, 3.05) is 26.7 Å². The molecule has 11 nitrogen and oxygen atoms in total. The average molecular weight is 739 g/mol. The second-order valence-electron chi connectivity index (χ2n) is 15.4. The van der Waals surface area contributed by atoms with Crippen LogP contribution in [0.2, 0.25) is 0 Å². The van der Waals surface area contributed by atoms with E-state index in [-0.39, 0.29) is 17.5 Å². The van der Waals surface area contributed by atoms with Gasteiger partial charge in [-0.15, -0.1) is 0 Å². The van der Waals surface area contributed by atoms with Gasteiger partial charge >= 0.3 is 0 Å². The number of amides is 2. The molecule has 1 unspecified atom stereocenters. The Labute approximate surface area is 312 Å². The van der Waals surface area contributed by atoms with Gasteiger partial charge in [0.25, 0.3) is 11.8 Å². The summed E-state index contributed by atoms with van der Waals surface area (Å²) in [7, 11) is -0.280. The second-order valence-corrected chi connectivity index (χ2v) is 17.5. The van der Waals surface area contributed by atoms with Crippen LogP contribution in [-0.4, -0.2) is 88.5 Å². The third-order valence-corrected chi connectivity index (χ3v) is 14.2. The van der Waals surface area contributed by atoms with Crippen molar-refractivity contribution in [1.82, 2.24) is 28.9 Å². The third-order valence-electron chi connectivity index (χ3n) is 12.4. The molecule has 3 aliphatic heterocycles. The molecule has 1 aliphatic carbocycles. The highest BCUT2D eigenvalue weighted by molar-refractivity contribution is 7.90. The number of carbonyl (C=O) groups is 2. The van der Waals surface area contributed by atoms with E-state index in [4.69, 9.17) is 4.74 Å². The lowest BCUT2D eigenvalue weighted by Gasteiger charge is -2.33. The highest BCUT2D eigenvalue weighted by atomic mass is 32.2. The van der Waals surface area contributed by atoms with Gasteiger partial charge in [-0.25, -0.2) is 13.1 Å². The summed E-state index contributed by atoms with van der Waals surface area (Å²) in [5.74, 6) is 0.429. The molecule has 2 aromatic heterocycles. The van der Waals surface area contributed by atoms with E-state index in [0.29, 0.717) is 30.5 Å². The topological polar surface area (TPSA) is 119 Å². The number of nitrogens with zero attached hydrogens (tertiary/aromatic N) is 5. The number of rotatable bonds is 9. The van der Waals surface area contributed by atoms with Crippen molar-refractivity contribution in [3.05, 3.63) is 70.5 Å². The summed E-state index contributed by atoms with van der Waals surface area (Å²) in [6, 6.07) is 12.3. The Balaban J connectivity index is 1.29. The van der Waals surface area contributed by atoms with Crippen molar-refractivity contribution >= 4 is 44.4 Å². The molecular formula is C41H50N6O5S. The van der Waals surface area contributed by atoms with E-state index in [1.165, 1.54) is 12.0 Å². The Hall–Kier alpha value is -4.42. The smallest absolute Gasteiger partial charge is 0.264 e. The van der Waals surface area contributed by atoms with Crippen LogP contribution >= 0.6 is 0 Å². The minimum Gasteiger partial charge on any atom is -0.497 e. The number of methoxy groups -OCH3 is 1. The summed E-state index contributed by atoms with van der Waals surface area (Å²) in [5, 5.41) is 5.02. The number of hydrogen-bond acceptors (Lipinski definition) is 7. The molecule has 53 heavy (non-hydrogen) atoms. The number of carbonyl (C=O) groups excluding carboxylic acids is 2. The normalized spacial score (nSPS) is 20.9. The maximum atomic E-state index is 14.4. The molecule has 2 aromatic carbocycles. The molecular weight excluding hydrogens is 689 g/mol. The van der Waals surface area contributed by atoms with Crippen LogP contribution in [0.25, 0.3) is 33.8 Å². The quantitative estimate of drug-likeness (QED) is 0.210. The van der Waals surface area contributed by atoms with Gasteiger partial charge in [0.1, 0.15) is 5.75 Å². The molecule has 0 spiro atoms. The molecule has 8 rings (SSSR count). The molecule has 5 heterocycles. The summed E-state index contributed by atoms with van der Waals surface area (Å²) in [6.45, 7) is 8.60. The van der Waals surface area contributed by atoms with Crippen LogP contribution < -0.4 is 9.46 Å². The van der Waals surface area contributed by atoms with Gasteiger partial charge in [-0.1, -0.05) is 39.2 Å². The number of hydrogen-bond donors (Lipinski definition) is 1. The zero-order valence-corrected chi connectivity index (χ0v) is 32.2. The number of likely N-dealkylation sites (tertiary alicyclic amines) is 2. The van der Waals surface area contributed by atoms with E-state index >= 15 is 0 Å². The summed E-state index contributed by atoms with van der Waals surface area (Å²) >= 11 is 0. The SMILES string of the molecule is CCC(C)S(=O)(=O)NC(=O)c1ccc2c(C3CCCCC3)c3n(c2c1)CC(c1c(C(=O)N2C[C@@H]4C[C@@H]2CN4CC)cnn1C)=Cc1cc(OC)ccc1-3. The number of fused-ring (bicyclic) bond motifs is 7. The number of aromatic nitrogens is 3. The number of ether oxygens (including phenoxy) is 1. The van der Waals surface area contributed by atoms with Crippen LogP contribution in [0.4, 0.5) is 0 Å². The largest absolute Gasteiger partial charge is 0.497 e. The minimum atomic E-state index is -3.84. The minimum absolute atomic E-state index is 0.00863. The average Bonchev–Trinajstić information content (AvgIpc) is 3.93. The van der Waals surface area contributed by atoms with Gasteiger partial charge in [0.2, 0.25) is 10.0 Å². The molecule has 0 radical (unpaired) electrons. The van der Waals surface area contributed by atoms with E-state index < -0.39 is 21.2 Å². The van der Waals surface area contributed by atoms with Crippen LogP contribution in [0, 0.1) is 0 Å². The van der Waals surface area contributed by atoms with Gasteiger partial charge in [0.05, 0.1) is 42.1 Å². The van der Waals surface area contributed by atoms with Gasteiger partial charge in [0, 0.05) is 54.3 Å². The van der Waals surface area contributed by atoms with Crippen molar-refractivity contribution in [2.24, 2.45) is 7.05 Å². The maximum Gasteiger partial charge on any atom is 0.264 e. The molecule has 4 aromatic rings. The monoisotopic (exact) mass is 738 g/mol. The Morgan fingerprint density at radius 3 is 2.51 bits per heavy atom. The summed E-state index contributed by atoms with van der Waals surface area (Å²) in [6.07, 6.45) is 10.9. The van der Waals surface area contributed by atoms with Crippen molar-refractivity contribution < 1.29 is 22.7 Å². The Morgan fingerprint density at radius 2 is 1.81 bits per heavy atom. The van der Waals surface area contributed by atoms with Crippen molar-refractivity contribution in [3.8, 4) is 17.0 Å². The first-order valence-electron chi connectivity index (χ1n) is 19.2. The first-order chi connectivity index (χ1) is 25.5. The number of aryl methyl sites for hydroxylation is 1. The molecule has 2 bridgehead atoms. The Morgan fingerprint density at radius 1 is 1.02 bits per heavy atom. The molecule has 1 saturated carbocycles. The van der Waals surface area contributed by atoms with Crippen LogP contribution in [0.5, 0.6) is 5.75 Å². The Bertz CT molecular complexity index is 2250. The lowest BCUT2D eigenvalue weighted by molar-refractivity contribution is 0.0630. The molecule has 2 amide bonds. The van der Waals surface area contributed by atoms with Crippen LogP contribution in [0.3, 0.4) is 0 Å². The number of sulfonamides is 1. The van der Waals surface area contributed by atoms with Crippen LogP contribution in [0.15, 0.2) is 42.6 Å². The van der Waals surface area contributed by atoms with E-state index in [1.807, 2.05) is 34.8 Å². The number of likely N-dealkylation sites (N-methyl/N-ethyl adjacent to an activating group) is 1. The molecule has 12 heteroatoms. The third kappa shape index (κ3) is 6.07. The first kappa shape index (κ1) is 35.6. The fraction of sp³-hybridized carbons (Fsp3) is 0.488. The summed E-state index contributed by atoms with van der Waals surface area (Å²) in [5.41, 5.74) is 7.79.